The van der Waals surface area contributed by atoms with Gasteiger partial charge in [-0.05, 0) is 90.3 Å². The van der Waals surface area contributed by atoms with Crippen LogP contribution in [0.15, 0.2) is 170 Å². The average molecular weight is 637 g/mol. The molecule has 0 unspecified atom stereocenters. The first-order chi connectivity index (χ1) is 24.7. The van der Waals surface area contributed by atoms with Gasteiger partial charge in [-0.15, -0.1) is 0 Å². The van der Waals surface area contributed by atoms with Crippen molar-refractivity contribution >= 4 is 53.9 Å². The molecule has 0 spiro atoms. The van der Waals surface area contributed by atoms with Gasteiger partial charge < -0.3 is 0 Å². The van der Waals surface area contributed by atoms with Crippen molar-refractivity contribution < 1.29 is 0 Å². The van der Waals surface area contributed by atoms with Crippen LogP contribution in [0.1, 0.15) is 5.56 Å². The molecular weight excluding hydrogens is 609 g/mol. The first-order valence-electron chi connectivity index (χ1n) is 16.6. The Hall–Kier alpha value is -6.96. The van der Waals surface area contributed by atoms with E-state index in [0.29, 0.717) is 11.4 Å². The summed E-state index contributed by atoms with van der Waals surface area (Å²) >= 11 is 0. The molecule has 232 valence electrons. The molecular formula is C46H28N4. The van der Waals surface area contributed by atoms with Crippen molar-refractivity contribution in [2.45, 2.75) is 0 Å². The second-order valence-electron chi connectivity index (χ2n) is 12.3. The molecule has 0 radical (unpaired) electrons. The van der Waals surface area contributed by atoms with Crippen molar-refractivity contribution in [3.05, 3.63) is 176 Å². The molecule has 2 heterocycles. The molecule has 7 aromatic carbocycles. The molecule has 0 saturated heterocycles. The standard InChI is InChI=1S/C46H28N4/c47-29-30-17-19-31(20-18-30)44-28-45(50-46(49-44)32-23-25-48-26-24-32)33-21-22-42-40-15-6-5-13-38(40)36-11-2-1-9-34(36)35-10-3-4-12-37(35)39-14-7-8-16-41(39)43(42)27-33/h1-28H. The van der Waals surface area contributed by atoms with Crippen molar-refractivity contribution in [1.29, 1.82) is 5.26 Å². The van der Waals surface area contributed by atoms with Crippen LogP contribution >= 0.6 is 0 Å². The molecule has 0 aliphatic carbocycles. The summed E-state index contributed by atoms with van der Waals surface area (Å²) in [7, 11) is 0. The Kier molecular flexibility index (Phi) is 7.15. The van der Waals surface area contributed by atoms with Crippen LogP contribution in [-0.4, -0.2) is 15.0 Å². The van der Waals surface area contributed by atoms with Gasteiger partial charge in [-0.25, -0.2) is 9.97 Å². The smallest absolute Gasteiger partial charge is 0.160 e. The summed E-state index contributed by atoms with van der Waals surface area (Å²) in [5.41, 5.74) is 4.97. The lowest BCUT2D eigenvalue weighted by molar-refractivity contribution is 1.18. The zero-order chi connectivity index (χ0) is 33.4. The van der Waals surface area contributed by atoms with Crippen LogP contribution in [0.3, 0.4) is 0 Å². The highest BCUT2D eigenvalue weighted by atomic mass is 14.9. The van der Waals surface area contributed by atoms with E-state index in [0.717, 1.165) is 44.2 Å². The van der Waals surface area contributed by atoms with Crippen molar-refractivity contribution in [2.24, 2.45) is 0 Å². The van der Waals surface area contributed by atoms with Gasteiger partial charge in [-0.2, -0.15) is 5.26 Å². The summed E-state index contributed by atoms with van der Waals surface area (Å²) in [5.74, 6) is 0.612. The summed E-state index contributed by atoms with van der Waals surface area (Å²) in [4.78, 5) is 14.3. The molecule has 4 heteroatoms. The molecule has 0 N–H and O–H groups in total. The van der Waals surface area contributed by atoms with Crippen LogP contribution in [0.2, 0.25) is 0 Å². The number of rotatable bonds is 3. The maximum atomic E-state index is 9.40. The number of fused-ring (bicyclic) bond motifs is 10. The summed E-state index contributed by atoms with van der Waals surface area (Å²) in [6.45, 7) is 0. The lowest BCUT2D eigenvalue weighted by Gasteiger charge is -2.12. The van der Waals surface area contributed by atoms with Gasteiger partial charge in [0.1, 0.15) is 0 Å². The fourth-order valence-electron chi connectivity index (χ4n) is 7.06. The number of hydrogen-bond donors (Lipinski definition) is 0. The van der Waals surface area contributed by atoms with E-state index in [4.69, 9.17) is 9.97 Å². The summed E-state index contributed by atoms with van der Waals surface area (Å²) < 4.78 is 0. The minimum atomic E-state index is 0.605. The van der Waals surface area contributed by atoms with Gasteiger partial charge in [0, 0.05) is 29.1 Å². The van der Waals surface area contributed by atoms with E-state index in [2.05, 4.69) is 126 Å². The van der Waals surface area contributed by atoms with Crippen molar-refractivity contribution in [3.8, 4) is 40.0 Å². The zero-order valence-electron chi connectivity index (χ0n) is 27.0. The third-order valence-electron chi connectivity index (χ3n) is 9.45. The van der Waals surface area contributed by atoms with Gasteiger partial charge in [0.15, 0.2) is 5.82 Å². The highest BCUT2D eigenvalue weighted by Gasteiger charge is 2.13. The maximum absolute atomic E-state index is 9.40. The third kappa shape index (κ3) is 5.06. The van der Waals surface area contributed by atoms with Gasteiger partial charge in [-0.3, -0.25) is 4.98 Å². The van der Waals surface area contributed by atoms with E-state index in [-0.39, 0.29) is 0 Å². The van der Waals surface area contributed by atoms with Crippen LogP contribution in [0, 0.1) is 11.3 Å². The van der Waals surface area contributed by atoms with E-state index in [9.17, 15) is 5.26 Å². The Balaban J connectivity index is 1.42. The van der Waals surface area contributed by atoms with Gasteiger partial charge in [-0.1, -0.05) is 121 Å². The molecule has 4 nitrogen and oxygen atoms in total. The molecule has 0 saturated carbocycles. The van der Waals surface area contributed by atoms with Crippen molar-refractivity contribution in [2.75, 3.05) is 0 Å². The number of benzene rings is 6. The molecule has 0 fully saturated rings. The van der Waals surface area contributed by atoms with E-state index < -0.39 is 0 Å². The molecule has 0 aliphatic heterocycles. The van der Waals surface area contributed by atoms with Gasteiger partial charge in [0.2, 0.25) is 0 Å². The molecule has 0 aliphatic rings. The molecule has 9 rings (SSSR count). The van der Waals surface area contributed by atoms with Crippen LogP contribution in [0.5, 0.6) is 0 Å². The number of hydrogen-bond acceptors (Lipinski definition) is 4. The molecule has 0 amide bonds. The first kappa shape index (κ1) is 29.2. The van der Waals surface area contributed by atoms with Crippen molar-refractivity contribution in [3.63, 3.8) is 0 Å². The molecule has 0 atom stereocenters. The SMILES string of the molecule is N#Cc1ccc(-c2cc(-c3ccc4c5ccccc5c5ccccc5c5ccccc5c5ccccc5c4c3)nc(-c3ccncc3)n2)cc1. The average Bonchev–Trinajstić information content (AvgIpc) is 3.20. The van der Waals surface area contributed by atoms with E-state index >= 15 is 0 Å². The van der Waals surface area contributed by atoms with Gasteiger partial charge >= 0.3 is 0 Å². The van der Waals surface area contributed by atoms with Crippen LogP contribution in [0.4, 0.5) is 0 Å². The molecule has 0 bridgehead atoms. The highest BCUT2D eigenvalue weighted by molar-refractivity contribution is 6.26. The quantitative estimate of drug-likeness (QED) is 0.194. The van der Waals surface area contributed by atoms with Crippen LogP contribution in [0.25, 0.3) is 87.8 Å². The van der Waals surface area contributed by atoms with E-state index in [1.165, 1.54) is 37.7 Å². The normalized spacial score (nSPS) is 11.2. The lowest BCUT2D eigenvalue weighted by atomic mass is 9.93. The highest BCUT2D eigenvalue weighted by Crippen LogP contribution is 2.37. The Morgan fingerprint density at radius 2 is 0.760 bits per heavy atom. The number of nitrogens with zero attached hydrogens (tertiary/aromatic N) is 4. The van der Waals surface area contributed by atoms with Crippen LogP contribution < -0.4 is 0 Å². The number of pyridine rings is 1. The number of nitriles is 1. The predicted molar refractivity (Wildman–Crippen MR) is 206 cm³/mol. The molecule has 50 heavy (non-hydrogen) atoms. The predicted octanol–water partition coefficient (Wildman–Crippen LogP) is 11.6. The van der Waals surface area contributed by atoms with Gasteiger partial charge in [0.25, 0.3) is 0 Å². The van der Waals surface area contributed by atoms with Crippen LogP contribution in [-0.2, 0) is 0 Å². The summed E-state index contributed by atoms with van der Waals surface area (Å²) in [6, 6.07) is 57.2. The molecule has 9 aromatic rings. The third-order valence-corrected chi connectivity index (χ3v) is 9.45. The fraction of sp³-hybridized carbons (Fsp3) is 0. The second kappa shape index (κ2) is 12.2. The minimum absolute atomic E-state index is 0.605. The Morgan fingerprint density at radius 3 is 1.22 bits per heavy atom. The first-order valence-corrected chi connectivity index (χ1v) is 16.6. The monoisotopic (exact) mass is 636 g/mol. The minimum Gasteiger partial charge on any atom is -0.265 e. The van der Waals surface area contributed by atoms with Gasteiger partial charge in [0.05, 0.1) is 23.0 Å². The lowest BCUT2D eigenvalue weighted by Crippen LogP contribution is -1.96. The molecule has 2 aromatic heterocycles. The topological polar surface area (TPSA) is 62.5 Å². The van der Waals surface area contributed by atoms with Crippen molar-refractivity contribution in [1.82, 2.24) is 15.0 Å². The summed E-state index contributed by atoms with van der Waals surface area (Å²) in [5, 5.41) is 21.2. The Morgan fingerprint density at radius 1 is 0.360 bits per heavy atom. The maximum Gasteiger partial charge on any atom is 0.160 e. The Bertz CT molecular complexity index is 2800. The number of aromatic nitrogens is 3. The Labute approximate surface area is 288 Å². The zero-order valence-corrected chi connectivity index (χ0v) is 27.0. The van der Waals surface area contributed by atoms with E-state index in [1.807, 2.05) is 42.5 Å². The second-order valence-corrected chi connectivity index (χ2v) is 12.3. The summed E-state index contributed by atoms with van der Waals surface area (Å²) in [6.07, 6.45) is 3.52. The largest absolute Gasteiger partial charge is 0.265 e. The van der Waals surface area contributed by atoms with E-state index in [1.54, 1.807) is 12.4 Å². The fourth-order valence-corrected chi connectivity index (χ4v) is 7.06.